The van der Waals surface area contributed by atoms with Crippen molar-refractivity contribution < 1.29 is 13.9 Å². The molecule has 4 rings (SSSR count). The molecule has 2 aromatic carbocycles. The summed E-state index contributed by atoms with van der Waals surface area (Å²) in [5.74, 6) is -0.512. The first kappa shape index (κ1) is 12.3. The minimum absolute atomic E-state index is 0.128. The lowest BCUT2D eigenvalue weighted by atomic mass is 10.2. The molecule has 1 N–H and O–H groups in total. The first-order valence-corrected chi connectivity index (χ1v) is 6.80. The third-order valence-corrected chi connectivity index (χ3v) is 3.76. The predicted molar refractivity (Wildman–Crippen MR) is 75.0 cm³/mol. The van der Waals surface area contributed by atoms with Crippen LogP contribution in [-0.2, 0) is 0 Å². The van der Waals surface area contributed by atoms with E-state index in [0.29, 0.717) is 22.4 Å². The van der Waals surface area contributed by atoms with Crippen molar-refractivity contribution in [2.45, 2.75) is 18.9 Å². The Morgan fingerprint density at radius 3 is 2.62 bits per heavy atom. The van der Waals surface area contributed by atoms with E-state index in [1.54, 1.807) is 6.07 Å². The van der Waals surface area contributed by atoms with Gasteiger partial charge in [-0.05, 0) is 43.2 Å². The highest BCUT2D eigenvalue weighted by Crippen LogP contribution is 2.42. The molecule has 21 heavy (non-hydrogen) atoms. The third-order valence-electron chi connectivity index (χ3n) is 3.76. The number of imidazole rings is 1. The Morgan fingerprint density at radius 2 is 1.90 bits per heavy atom. The van der Waals surface area contributed by atoms with Gasteiger partial charge in [-0.25, -0.2) is 13.8 Å². The van der Waals surface area contributed by atoms with E-state index in [4.69, 9.17) is 0 Å². The lowest BCUT2D eigenvalue weighted by Gasteiger charge is -2.08. The van der Waals surface area contributed by atoms with Crippen molar-refractivity contribution in [3.8, 4) is 17.1 Å². The van der Waals surface area contributed by atoms with Crippen LogP contribution in [0.5, 0.6) is 5.75 Å². The minimum atomic E-state index is -0.535. The fourth-order valence-corrected chi connectivity index (χ4v) is 2.64. The van der Waals surface area contributed by atoms with Gasteiger partial charge in [-0.1, -0.05) is 0 Å². The van der Waals surface area contributed by atoms with Crippen LogP contribution < -0.4 is 0 Å². The van der Waals surface area contributed by atoms with E-state index in [1.165, 1.54) is 24.3 Å². The van der Waals surface area contributed by atoms with Crippen LogP contribution in [0.3, 0.4) is 0 Å². The van der Waals surface area contributed by atoms with Crippen LogP contribution in [0, 0.1) is 11.6 Å². The second kappa shape index (κ2) is 4.28. The molecule has 1 saturated carbocycles. The number of aromatic hydroxyl groups is 1. The van der Waals surface area contributed by atoms with Crippen molar-refractivity contribution in [3.05, 3.63) is 48.0 Å². The predicted octanol–water partition coefficient (Wildman–Crippen LogP) is 4.02. The van der Waals surface area contributed by atoms with Crippen LogP contribution in [0.2, 0.25) is 0 Å². The Labute approximate surface area is 119 Å². The topological polar surface area (TPSA) is 38.1 Å². The van der Waals surface area contributed by atoms with Gasteiger partial charge in [-0.2, -0.15) is 0 Å². The van der Waals surface area contributed by atoms with Gasteiger partial charge in [0.15, 0.2) is 0 Å². The Kier molecular flexibility index (Phi) is 2.51. The molecule has 1 aliphatic carbocycles. The average Bonchev–Trinajstić information content (AvgIpc) is 3.20. The molecule has 3 aromatic rings. The minimum Gasteiger partial charge on any atom is -0.508 e. The molecule has 1 heterocycles. The average molecular weight is 286 g/mol. The van der Waals surface area contributed by atoms with Gasteiger partial charge in [0, 0.05) is 12.1 Å². The summed E-state index contributed by atoms with van der Waals surface area (Å²) < 4.78 is 29.5. The van der Waals surface area contributed by atoms with Gasteiger partial charge in [-0.3, -0.25) is 0 Å². The monoisotopic (exact) mass is 286 g/mol. The summed E-state index contributed by atoms with van der Waals surface area (Å²) in [6.07, 6.45) is 1.96. The van der Waals surface area contributed by atoms with Crippen LogP contribution >= 0.6 is 0 Å². The molecular formula is C16H12F2N2O. The molecule has 0 atom stereocenters. The van der Waals surface area contributed by atoms with Crippen LogP contribution in [0.25, 0.3) is 22.4 Å². The number of hydrogen-bond acceptors (Lipinski definition) is 2. The lowest BCUT2D eigenvalue weighted by molar-refractivity contribution is 0.469. The van der Waals surface area contributed by atoms with E-state index >= 15 is 0 Å². The third kappa shape index (κ3) is 1.96. The van der Waals surface area contributed by atoms with Crippen molar-refractivity contribution in [1.29, 1.82) is 0 Å². The van der Waals surface area contributed by atoms with Crippen molar-refractivity contribution in [1.82, 2.24) is 9.55 Å². The molecule has 106 valence electrons. The molecule has 0 spiro atoms. The second-order valence-electron chi connectivity index (χ2n) is 5.33. The molecule has 3 nitrogen and oxygen atoms in total. The fraction of sp³-hybridized carbons (Fsp3) is 0.188. The molecule has 0 unspecified atom stereocenters. The highest BCUT2D eigenvalue weighted by atomic mass is 19.1. The van der Waals surface area contributed by atoms with Gasteiger partial charge >= 0.3 is 0 Å². The Morgan fingerprint density at radius 1 is 1.10 bits per heavy atom. The summed E-state index contributed by atoms with van der Waals surface area (Å²) >= 11 is 0. The largest absolute Gasteiger partial charge is 0.508 e. The molecule has 0 radical (unpaired) electrons. The number of phenolic OH excluding ortho intramolecular Hbond substituents is 1. The second-order valence-corrected chi connectivity index (χ2v) is 5.33. The maximum atomic E-state index is 14.1. The number of rotatable bonds is 2. The lowest BCUT2D eigenvalue weighted by Crippen LogP contribution is -1.99. The van der Waals surface area contributed by atoms with Crippen LogP contribution in [0.15, 0.2) is 36.4 Å². The van der Waals surface area contributed by atoms with E-state index in [-0.39, 0.29) is 17.6 Å². The Balaban J connectivity index is 2.01. The summed E-state index contributed by atoms with van der Waals surface area (Å²) in [7, 11) is 0. The van der Waals surface area contributed by atoms with E-state index in [9.17, 15) is 13.9 Å². The van der Waals surface area contributed by atoms with E-state index < -0.39 is 5.82 Å². The number of nitrogens with zero attached hydrogens (tertiary/aromatic N) is 2. The van der Waals surface area contributed by atoms with Crippen LogP contribution in [-0.4, -0.2) is 14.7 Å². The zero-order valence-electron chi connectivity index (χ0n) is 11.1. The van der Waals surface area contributed by atoms with Crippen molar-refractivity contribution in [2.24, 2.45) is 0 Å². The van der Waals surface area contributed by atoms with Crippen LogP contribution in [0.4, 0.5) is 8.78 Å². The number of aromatic nitrogens is 2. The van der Waals surface area contributed by atoms with E-state index in [1.807, 2.05) is 4.57 Å². The molecule has 5 heteroatoms. The SMILES string of the molecule is Oc1ccc(-c2nc3ccc(F)cc3n2C2CC2)c(F)c1. The summed E-state index contributed by atoms with van der Waals surface area (Å²) in [6, 6.07) is 8.61. The summed E-state index contributed by atoms with van der Waals surface area (Å²) in [6.45, 7) is 0. The van der Waals surface area contributed by atoms with Gasteiger partial charge in [0.1, 0.15) is 23.2 Å². The molecule has 0 saturated heterocycles. The summed E-state index contributed by atoms with van der Waals surface area (Å²) in [4.78, 5) is 4.45. The summed E-state index contributed by atoms with van der Waals surface area (Å²) in [5, 5.41) is 9.33. The zero-order chi connectivity index (χ0) is 14.6. The number of hydrogen-bond donors (Lipinski definition) is 1. The highest BCUT2D eigenvalue weighted by molar-refractivity contribution is 5.81. The normalized spacial score (nSPS) is 14.8. The Hall–Kier alpha value is -2.43. The smallest absolute Gasteiger partial charge is 0.144 e. The Bertz CT molecular complexity index is 853. The molecular weight excluding hydrogens is 274 g/mol. The van der Waals surface area contributed by atoms with E-state index in [0.717, 1.165) is 18.9 Å². The quantitative estimate of drug-likeness (QED) is 0.772. The van der Waals surface area contributed by atoms with Crippen molar-refractivity contribution in [2.75, 3.05) is 0 Å². The van der Waals surface area contributed by atoms with Gasteiger partial charge in [0.05, 0.1) is 16.6 Å². The molecule has 1 fully saturated rings. The number of halogens is 2. The van der Waals surface area contributed by atoms with Gasteiger partial charge in [0.25, 0.3) is 0 Å². The number of fused-ring (bicyclic) bond motifs is 1. The van der Waals surface area contributed by atoms with Gasteiger partial charge < -0.3 is 9.67 Å². The maximum absolute atomic E-state index is 14.1. The first-order chi connectivity index (χ1) is 10.1. The molecule has 0 bridgehead atoms. The van der Waals surface area contributed by atoms with Crippen LogP contribution in [0.1, 0.15) is 18.9 Å². The number of benzene rings is 2. The molecule has 0 amide bonds. The maximum Gasteiger partial charge on any atom is 0.144 e. The standard InChI is InChI=1S/C16H12F2N2O/c17-9-1-6-14-15(7-9)20(10-2-3-10)16(19-14)12-5-4-11(21)8-13(12)18/h1,4-8,10,21H,2-3H2. The molecule has 1 aliphatic rings. The highest BCUT2D eigenvalue weighted by Gasteiger charge is 2.29. The van der Waals surface area contributed by atoms with Crippen molar-refractivity contribution in [3.63, 3.8) is 0 Å². The fourth-order valence-electron chi connectivity index (χ4n) is 2.64. The molecule has 0 aliphatic heterocycles. The zero-order valence-corrected chi connectivity index (χ0v) is 11.1. The van der Waals surface area contributed by atoms with Gasteiger partial charge in [-0.15, -0.1) is 0 Å². The van der Waals surface area contributed by atoms with Gasteiger partial charge in [0.2, 0.25) is 0 Å². The van der Waals surface area contributed by atoms with E-state index in [2.05, 4.69) is 4.98 Å². The number of phenols is 1. The summed E-state index contributed by atoms with van der Waals surface area (Å²) in [5.41, 5.74) is 1.64. The molecule has 1 aromatic heterocycles. The first-order valence-electron chi connectivity index (χ1n) is 6.80. The van der Waals surface area contributed by atoms with Crippen molar-refractivity contribution >= 4 is 11.0 Å².